The van der Waals surface area contributed by atoms with E-state index in [1.165, 1.54) is 43.6 Å². The van der Waals surface area contributed by atoms with Crippen LogP contribution in [-0.4, -0.2) is 12.1 Å². The highest BCUT2D eigenvalue weighted by molar-refractivity contribution is 5.62. The van der Waals surface area contributed by atoms with E-state index >= 15 is 0 Å². The topological polar surface area (TPSA) is 22.1 Å². The first-order chi connectivity index (χ1) is 7.72. The molecule has 0 aliphatic rings. The molecule has 2 nitrogen and oxygen atoms in total. The predicted molar refractivity (Wildman–Crippen MR) is 56.1 cm³/mol. The maximum absolute atomic E-state index is 13.5. The molecule has 2 rings (SSSR count). The van der Waals surface area contributed by atoms with Gasteiger partial charge in [-0.25, -0.2) is 8.78 Å². The first-order valence-corrected chi connectivity index (χ1v) is 4.67. The standard InChI is InChI=1S/C12H9F2NO/c1-16-8-4-5-10(13)9(7-8)12-11(14)3-2-6-15-12/h2-7H,1H3. The Balaban J connectivity index is 2.59. The van der Waals surface area contributed by atoms with Crippen LogP contribution in [0, 0.1) is 11.6 Å². The summed E-state index contributed by atoms with van der Waals surface area (Å²) >= 11 is 0. The minimum absolute atomic E-state index is 0.0149. The zero-order valence-electron chi connectivity index (χ0n) is 8.58. The number of rotatable bonds is 2. The van der Waals surface area contributed by atoms with Crippen molar-refractivity contribution in [3.63, 3.8) is 0 Å². The van der Waals surface area contributed by atoms with Gasteiger partial charge in [-0.05, 0) is 30.3 Å². The molecule has 4 heteroatoms. The molecule has 0 unspecified atom stereocenters. The quantitative estimate of drug-likeness (QED) is 0.777. The summed E-state index contributed by atoms with van der Waals surface area (Å²) in [6.45, 7) is 0. The van der Waals surface area contributed by atoms with Crippen LogP contribution in [0.4, 0.5) is 8.78 Å². The van der Waals surface area contributed by atoms with E-state index in [2.05, 4.69) is 4.98 Å². The van der Waals surface area contributed by atoms with Gasteiger partial charge in [-0.2, -0.15) is 0 Å². The van der Waals surface area contributed by atoms with Crippen molar-refractivity contribution in [3.05, 3.63) is 48.2 Å². The van der Waals surface area contributed by atoms with Crippen molar-refractivity contribution in [3.8, 4) is 17.0 Å². The Hall–Kier alpha value is -1.97. The van der Waals surface area contributed by atoms with Crippen molar-refractivity contribution in [2.45, 2.75) is 0 Å². The molecule has 0 saturated heterocycles. The lowest BCUT2D eigenvalue weighted by Gasteiger charge is -2.06. The van der Waals surface area contributed by atoms with Gasteiger partial charge in [-0.15, -0.1) is 0 Å². The van der Waals surface area contributed by atoms with E-state index in [9.17, 15) is 8.78 Å². The van der Waals surface area contributed by atoms with Crippen molar-refractivity contribution in [2.75, 3.05) is 7.11 Å². The molecule has 0 aliphatic heterocycles. The average molecular weight is 221 g/mol. The van der Waals surface area contributed by atoms with Gasteiger partial charge in [0.15, 0.2) is 0 Å². The van der Waals surface area contributed by atoms with Crippen LogP contribution < -0.4 is 4.74 Å². The van der Waals surface area contributed by atoms with Gasteiger partial charge in [-0.1, -0.05) is 0 Å². The first-order valence-electron chi connectivity index (χ1n) is 4.67. The summed E-state index contributed by atoms with van der Waals surface area (Å²) < 4.78 is 31.9. The highest BCUT2D eigenvalue weighted by Crippen LogP contribution is 2.27. The summed E-state index contributed by atoms with van der Waals surface area (Å²) in [6.07, 6.45) is 1.41. The fourth-order valence-electron chi connectivity index (χ4n) is 1.40. The lowest BCUT2D eigenvalue weighted by molar-refractivity contribution is 0.414. The molecule has 0 radical (unpaired) electrons. The Labute approximate surface area is 91.5 Å². The number of pyridine rings is 1. The molecule has 0 amide bonds. The van der Waals surface area contributed by atoms with E-state index in [0.29, 0.717) is 5.75 Å². The van der Waals surface area contributed by atoms with Crippen LogP contribution in [0.25, 0.3) is 11.3 Å². The number of nitrogens with zero attached hydrogens (tertiary/aromatic N) is 1. The molecule has 0 spiro atoms. The van der Waals surface area contributed by atoms with E-state index in [-0.39, 0.29) is 11.3 Å². The van der Waals surface area contributed by atoms with Crippen LogP contribution in [0.5, 0.6) is 5.75 Å². The van der Waals surface area contributed by atoms with E-state index in [4.69, 9.17) is 4.74 Å². The Bertz CT molecular complexity index is 514. The second-order valence-electron chi connectivity index (χ2n) is 3.18. The van der Waals surface area contributed by atoms with Gasteiger partial charge in [0, 0.05) is 11.8 Å². The highest BCUT2D eigenvalue weighted by Gasteiger charge is 2.11. The third kappa shape index (κ3) is 1.86. The lowest BCUT2D eigenvalue weighted by Crippen LogP contribution is -1.93. The Morgan fingerprint density at radius 2 is 1.94 bits per heavy atom. The number of ether oxygens (including phenoxy) is 1. The third-order valence-electron chi connectivity index (χ3n) is 2.19. The van der Waals surface area contributed by atoms with E-state index in [1.807, 2.05) is 0 Å². The molecule has 2 aromatic rings. The van der Waals surface area contributed by atoms with E-state index in [1.54, 1.807) is 0 Å². The summed E-state index contributed by atoms with van der Waals surface area (Å²) in [6, 6.07) is 6.81. The monoisotopic (exact) mass is 221 g/mol. The molecule has 1 heterocycles. The van der Waals surface area contributed by atoms with Crippen molar-refractivity contribution in [2.24, 2.45) is 0 Å². The molecule has 0 atom stereocenters. The number of hydrogen-bond acceptors (Lipinski definition) is 2. The van der Waals surface area contributed by atoms with Crippen LogP contribution in [0.3, 0.4) is 0 Å². The van der Waals surface area contributed by atoms with Gasteiger partial charge in [0.1, 0.15) is 23.1 Å². The van der Waals surface area contributed by atoms with Crippen molar-refractivity contribution >= 4 is 0 Å². The van der Waals surface area contributed by atoms with Crippen molar-refractivity contribution in [1.82, 2.24) is 4.98 Å². The molecule has 1 aromatic heterocycles. The normalized spacial score (nSPS) is 10.2. The molecule has 0 saturated carbocycles. The summed E-state index contributed by atoms with van der Waals surface area (Å²) in [4.78, 5) is 3.81. The Morgan fingerprint density at radius 3 is 2.62 bits per heavy atom. The summed E-state index contributed by atoms with van der Waals surface area (Å²) in [5, 5.41) is 0. The molecule has 16 heavy (non-hydrogen) atoms. The van der Waals surface area contributed by atoms with Crippen LogP contribution in [0.15, 0.2) is 36.5 Å². The third-order valence-corrected chi connectivity index (χ3v) is 2.19. The van der Waals surface area contributed by atoms with Gasteiger partial charge in [0.25, 0.3) is 0 Å². The molecular weight excluding hydrogens is 212 g/mol. The van der Waals surface area contributed by atoms with Gasteiger partial charge in [0.2, 0.25) is 0 Å². The van der Waals surface area contributed by atoms with Gasteiger partial charge < -0.3 is 4.74 Å². The van der Waals surface area contributed by atoms with Gasteiger partial charge in [-0.3, -0.25) is 4.98 Å². The fourth-order valence-corrected chi connectivity index (χ4v) is 1.40. The summed E-state index contributed by atoms with van der Waals surface area (Å²) in [5.74, 6) is -0.630. The van der Waals surface area contributed by atoms with Gasteiger partial charge in [0.05, 0.1) is 7.11 Å². The second-order valence-corrected chi connectivity index (χ2v) is 3.18. The molecule has 1 aromatic carbocycles. The Kier molecular flexibility index (Phi) is 2.81. The van der Waals surface area contributed by atoms with Crippen molar-refractivity contribution < 1.29 is 13.5 Å². The summed E-state index contributed by atoms with van der Waals surface area (Å²) in [5.41, 5.74) is 0.0800. The fraction of sp³-hybridized carbons (Fsp3) is 0.0833. The van der Waals surface area contributed by atoms with Gasteiger partial charge >= 0.3 is 0 Å². The minimum atomic E-state index is -0.561. The van der Waals surface area contributed by atoms with E-state index < -0.39 is 11.6 Å². The number of hydrogen-bond donors (Lipinski definition) is 0. The average Bonchev–Trinajstić information content (AvgIpc) is 2.31. The van der Waals surface area contributed by atoms with Crippen LogP contribution >= 0.6 is 0 Å². The zero-order valence-corrected chi connectivity index (χ0v) is 8.58. The van der Waals surface area contributed by atoms with Crippen LogP contribution in [-0.2, 0) is 0 Å². The molecule has 0 N–H and O–H groups in total. The molecule has 0 aliphatic carbocycles. The van der Waals surface area contributed by atoms with Crippen LogP contribution in [0.1, 0.15) is 0 Å². The molecule has 0 fully saturated rings. The SMILES string of the molecule is COc1ccc(F)c(-c2ncccc2F)c1. The molecular formula is C12H9F2NO. The molecule has 82 valence electrons. The number of aromatic nitrogens is 1. The lowest BCUT2D eigenvalue weighted by atomic mass is 10.1. The smallest absolute Gasteiger partial charge is 0.149 e. The summed E-state index contributed by atoms with van der Waals surface area (Å²) in [7, 11) is 1.46. The Morgan fingerprint density at radius 1 is 1.12 bits per heavy atom. The minimum Gasteiger partial charge on any atom is -0.497 e. The van der Waals surface area contributed by atoms with E-state index in [0.717, 1.165) is 0 Å². The number of benzene rings is 1. The zero-order chi connectivity index (χ0) is 11.5. The molecule has 0 bridgehead atoms. The van der Waals surface area contributed by atoms with Crippen molar-refractivity contribution in [1.29, 1.82) is 0 Å². The largest absolute Gasteiger partial charge is 0.497 e. The number of methoxy groups -OCH3 is 1. The highest BCUT2D eigenvalue weighted by atomic mass is 19.1. The van der Waals surface area contributed by atoms with Crippen LogP contribution in [0.2, 0.25) is 0 Å². The maximum Gasteiger partial charge on any atom is 0.149 e. The predicted octanol–water partition coefficient (Wildman–Crippen LogP) is 3.04. The number of halogens is 2. The first kappa shape index (κ1) is 10.5. The second kappa shape index (κ2) is 4.26. The maximum atomic E-state index is 13.5.